The summed E-state index contributed by atoms with van der Waals surface area (Å²) in [6, 6.07) is 1.44. The molecule has 0 saturated carbocycles. The van der Waals surface area contributed by atoms with Crippen molar-refractivity contribution in [3.8, 4) is 11.3 Å². The molecule has 2 aromatic heterocycles. The van der Waals surface area contributed by atoms with E-state index < -0.39 is 23.1 Å². The number of hydrogen-bond acceptors (Lipinski definition) is 6. The number of anilines is 1. The summed E-state index contributed by atoms with van der Waals surface area (Å²) in [5.41, 5.74) is -1.16. The van der Waals surface area contributed by atoms with Crippen molar-refractivity contribution in [1.82, 2.24) is 15.3 Å². The van der Waals surface area contributed by atoms with Crippen LogP contribution in [0.25, 0.3) is 11.3 Å². The third-order valence-electron chi connectivity index (χ3n) is 3.94. The first-order valence-corrected chi connectivity index (χ1v) is 8.62. The first kappa shape index (κ1) is 19.8. The SMILES string of the molecule is OCC1CN(c2sc(C(F)(F)F)nc2-c2ccc(C(F)(F)F)nc2)CCN1. The van der Waals surface area contributed by atoms with Crippen LogP contribution in [0, 0.1) is 0 Å². The number of aromatic nitrogens is 2. The van der Waals surface area contributed by atoms with Gasteiger partial charge in [0.05, 0.1) is 6.61 Å². The number of halogens is 6. The number of hydrogen-bond donors (Lipinski definition) is 2. The van der Waals surface area contributed by atoms with E-state index in [0.717, 1.165) is 12.3 Å². The zero-order valence-electron chi connectivity index (χ0n) is 13.6. The van der Waals surface area contributed by atoms with Crippen LogP contribution in [0.3, 0.4) is 0 Å². The molecule has 5 nitrogen and oxygen atoms in total. The minimum atomic E-state index is -4.68. The second-order valence-corrected chi connectivity index (χ2v) is 6.86. The Morgan fingerprint density at radius 1 is 1.19 bits per heavy atom. The molecule has 0 aromatic carbocycles. The van der Waals surface area contributed by atoms with Crippen molar-refractivity contribution in [2.24, 2.45) is 0 Å². The summed E-state index contributed by atoms with van der Waals surface area (Å²) in [5, 5.41) is 11.4. The molecule has 2 N–H and O–H groups in total. The summed E-state index contributed by atoms with van der Waals surface area (Å²) >= 11 is 0.420. The molecule has 0 radical (unpaired) electrons. The molecule has 0 spiro atoms. The lowest BCUT2D eigenvalue weighted by molar-refractivity contribution is -0.141. The second-order valence-electron chi connectivity index (χ2n) is 5.88. The van der Waals surface area contributed by atoms with Gasteiger partial charge < -0.3 is 15.3 Å². The van der Waals surface area contributed by atoms with Crippen molar-refractivity contribution in [3.05, 3.63) is 29.0 Å². The van der Waals surface area contributed by atoms with Crippen LogP contribution in [-0.4, -0.2) is 47.4 Å². The van der Waals surface area contributed by atoms with Crippen LogP contribution in [0.2, 0.25) is 0 Å². The van der Waals surface area contributed by atoms with Crippen molar-refractivity contribution < 1.29 is 31.4 Å². The standard InChI is InChI=1S/C15H14F6N4OS/c16-14(17,18)10-2-1-8(5-23-10)11-12(27-13(24-11)15(19,20)21)25-4-3-22-9(6-25)7-26/h1-2,5,9,22,26H,3-4,6-7H2. The lowest BCUT2D eigenvalue weighted by Crippen LogP contribution is -2.52. The lowest BCUT2D eigenvalue weighted by atomic mass is 10.1. The van der Waals surface area contributed by atoms with E-state index >= 15 is 0 Å². The van der Waals surface area contributed by atoms with Gasteiger partial charge in [0.2, 0.25) is 5.01 Å². The summed E-state index contributed by atoms with van der Waals surface area (Å²) in [6.45, 7) is 0.863. The first-order valence-electron chi connectivity index (χ1n) is 7.80. The van der Waals surface area contributed by atoms with Crippen LogP contribution in [0.1, 0.15) is 10.7 Å². The van der Waals surface area contributed by atoms with Gasteiger partial charge >= 0.3 is 12.4 Å². The van der Waals surface area contributed by atoms with E-state index in [1.807, 2.05) is 0 Å². The first-order chi connectivity index (χ1) is 12.6. The maximum Gasteiger partial charge on any atom is 0.443 e. The lowest BCUT2D eigenvalue weighted by Gasteiger charge is -2.33. The Labute approximate surface area is 153 Å². The molecule has 12 heteroatoms. The summed E-state index contributed by atoms with van der Waals surface area (Å²) in [6.07, 6.45) is -8.46. The van der Waals surface area contributed by atoms with Crippen molar-refractivity contribution in [2.45, 2.75) is 18.4 Å². The summed E-state index contributed by atoms with van der Waals surface area (Å²) in [7, 11) is 0. The number of nitrogens with one attached hydrogen (secondary N) is 1. The quantitative estimate of drug-likeness (QED) is 0.759. The van der Waals surface area contributed by atoms with Gasteiger partial charge in [-0.15, -0.1) is 0 Å². The van der Waals surface area contributed by atoms with E-state index in [0.29, 0.717) is 30.5 Å². The van der Waals surface area contributed by atoms with E-state index in [-0.39, 0.29) is 35.5 Å². The molecule has 1 unspecified atom stereocenters. The zero-order chi connectivity index (χ0) is 19.8. The molecule has 0 amide bonds. The number of aliphatic hydroxyl groups is 1. The molecule has 2 aromatic rings. The van der Waals surface area contributed by atoms with Crippen LogP contribution in [0.5, 0.6) is 0 Å². The van der Waals surface area contributed by atoms with Gasteiger partial charge in [-0.05, 0) is 12.1 Å². The molecule has 27 heavy (non-hydrogen) atoms. The highest BCUT2D eigenvalue weighted by atomic mass is 32.1. The summed E-state index contributed by atoms with van der Waals surface area (Å²) in [5.74, 6) is 0. The maximum absolute atomic E-state index is 13.1. The van der Waals surface area contributed by atoms with Crippen molar-refractivity contribution in [2.75, 3.05) is 31.1 Å². The minimum Gasteiger partial charge on any atom is -0.395 e. The molecule has 148 valence electrons. The van der Waals surface area contributed by atoms with E-state index in [1.165, 1.54) is 0 Å². The average Bonchev–Trinajstić information content (AvgIpc) is 3.07. The number of nitrogens with zero attached hydrogens (tertiary/aromatic N) is 3. The van der Waals surface area contributed by atoms with Gasteiger partial charge in [-0.2, -0.15) is 26.3 Å². The molecule has 0 bridgehead atoms. The van der Waals surface area contributed by atoms with Crippen LogP contribution >= 0.6 is 11.3 Å². The number of piperazine rings is 1. The predicted molar refractivity (Wildman–Crippen MR) is 86.4 cm³/mol. The Balaban J connectivity index is 2.02. The maximum atomic E-state index is 13.1. The highest BCUT2D eigenvalue weighted by molar-refractivity contribution is 7.16. The van der Waals surface area contributed by atoms with Gasteiger partial charge in [0.25, 0.3) is 0 Å². The van der Waals surface area contributed by atoms with Gasteiger partial charge in [0, 0.05) is 37.4 Å². The summed E-state index contributed by atoms with van der Waals surface area (Å²) in [4.78, 5) is 8.56. The van der Waals surface area contributed by atoms with Crippen LogP contribution in [-0.2, 0) is 12.4 Å². The normalized spacial score (nSPS) is 18.8. The Kier molecular flexibility index (Phi) is 5.32. The van der Waals surface area contributed by atoms with Gasteiger partial charge in [-0.3, -0.25) is 4.98 Å². The number of alkyl halides is 6. The number of aliphatic hydroxyl groups excluding tert-OH is 1. The van der Waals surface area contributed by atoms with Crippen molar-refractivity contribution in [3.63, 3.8) is 0 Å². The van der Waals surface area contributed by atoms with Crippen molar-refractivity contribution >= 4 is 16.3 Å². The van der Waals surface area contributed by atoms with Crippen LogP contribution in [0.15, 0.2) is 18.3 Å². The predicted octanol–water partition coefficient (Wildman–Crippen LogP) is 3.01. The molecule has 1 aliphatic heterocycles. The third kappa shape index (κ3) is 4.33. The van der Waals surface area contributed by atoms with Gasteiger partial charge in [-0.1, -0.05) is 11.3 Å². The zero-order valence-corrected chi connectivity index (χ0v) is 14.4. The molecular weight excluding hydrogens is 398 g/mol. The Morgan fingerprint density at radius 3 is 2.48 bits per heavy atom. The van der Waals surface area contributed by atoms with E-state index in [4.69, 9.17) is 0 Å². The largest absolute Gasteiger partial charge is 0.443 e. The van der Waals surface area contributed by atoms with Gasteiger partial charge in [0.15, 0.2) is 0 Å². The fraction of sp³-hybridized carbons (Fsp3) is 0.467. The number of rotatable bonds is 3. The number of thiazole rings is 1. The monoisotopic (exact) mass is 412 g/mol. The molecule has 0 aliphatic carbocycles. The molecular formula is C15H14F6N4OS. The highest BCUT2D eigenvalue weighted by Crippen LogP contribution is 2.43. The Morgan fingerprint density at radius 2 is 1.93 bits per heavy atom. The molecule has 1 saturated heterocycles. The topological polar surface area (TPSA) is 61.3 Å². The van der Waals surface area contributed by atoms with Gasteiger partial charge in [0.1, 0.15) is 16.4 Å². The van der Waals surface area contributed by atoms with Crippen molar-refractivity contribution in [1.29, 1.82) is 0 Å². The Bertz CT molecular complexity index is 789. The fourth-order valence-electron chi connectivity index (χ4n) is 2.67. The van der Waals surface area contributed by atoms with E-state index in [9.17, 15) is 31.4 Å². The fourth-order valence-corrected chi connectivity index (χ4v) is 3.66. The molecule has 3 heterocycles. The van der Waals surface area contributed by atoms with E-state index in [1.54, 1.807) is 4.90 Å². The average molecular weight is 412 g/mol. The van der Waals surface area contributed by atoms with E-state index in [2.05, 4.69) is 15.3 Å². The molecule has 1 aliphatic rings. The molecule has 3 rings (SSSR count). The smallest absolute Gasteiger partial charge is 0.395 e. The minimum absolute atomic E-state index is 0.0591. The second kappa shape index (κ2) is 7.24. The highest BCUT2D eigenvalue weighted by Gasteiger charge is 2.38. The third-order valence-corrected chi connectivity index (χ3v) is 5.10. The molecule has 1 fully saturated rings. The van der Waals surface area contributed by atoms with Gasteiger partial charge in [-0.25, -0.2) is 4.98 Å². The van der Waals surface area contributed by atoms with Crippen LogP contribution < -0.4 is 10.2 Å². The number of pyridine rings is 1. The van der Waals surface area contributed by atoms with Crippen LogP contribution in [0.4, 0.5) is 31.3 Å². The summed E-state index contributed by atoms with van der Waals surface area (Å²) < 4.78 is 77.4. The molecule has 1 atom stereocenters. The Hall–Kier alpha value is -1.92.